The van der Waals surface area contributed by atoms with Crippen LogP contribution in [0.5, 0.6) is 0 Å². The molecule has 0 atom stereocenters. The van der Waals surface area contributed by atoms with Crippen molar-refractivity contribution in [3.8, 4) is 0 Å². The topological polar surface area (TPSA) is 59.5 Å². The zero-order valence-corrected chi connectivity index (χ0v) is 14.9. The van der Waals surface area contributed by atoms with Crippen LogP contribution in [-0.4, -0.2) is 42.1 Å². The summed E-state index contributed by atoms with van der Waals surface area (Å²) in [5.74, 6) is 1.12. The summed E-state index contributed by atoms with van der Waals surface area (Å²) in [6.45, 7) is 5.11. The molecule has 6 nitrogen and oxygen atoms in total. The van der Waals surface area contributed by atoms with Crippen LogP contribution in [0.1, 0.15) is 18.4 Å². The molecule has 0 amide bonds. The van der Waals surface area contributed by atoms with Gasteiger partial charge in [0.05, 0.1) is 13.2 Å². The van der Waals surface area contributed by atoms with Crippen LogP contribution in [0.4, 0.5) is 17.5 Å². The van der Waals surface area contributed by atoms with E-state index in [9.17, 15) is 0 Å². The van der Waals surface area contributed by atoms with E-state index in [1.807, 2.05) is 31.2 Å². The predicted molar refractivity (Wildman–Crippen MR) is 97.6 cm³/mol. The fraction of sp³-hybridized carbons (Fsp3) is 0.444. The number of hydrogen-bond acceptors (Lipinski definition) is 6. The van der Waals surface area contributed by atoms with E-state index in [2.05, 4.69) is 20.2 Å². The fourth-order valence-corrected chi connectivity index (χ4v) is 3.56. The van der Waals surface area contributed by atoms with Crippen molar-refractivity contribution in [2.24, 2.45) is 0 Å². The highest BCUT2D eigenvalue weighted by Crippen LogP contribution is 2.33. The van der Waals surface area contributed by atoms with Gasteiger partial charge in [0.15, 0.2) is 5.79 Å². The van der Waals surface area contributed by atoms with Crippen LogP contribution in [0.3, 0.4) is 0 Å². The van der Waals surface area contributed by atoms with Crippen LogP contribution in [-0.2, 0) is 9.47 Å². The van der Waals surface area contributed by atoms with Gasteiger partial charge in [-0.05, 0) is 36.8 Å². The smallest absolute Gasteiger partial charge is 0.229 e. The summed E-state index contributed by atoms with van der Waals surface area (Å²) in [4.78, 5) is 11.2. The van der Waals surface area contributed by atoms with Crippen LogP contribution in [0.15, 0.2) is 30.5 Å². The van der Waals surface area contributed by atoms with Gasteiger partial charge in [0.1, 0.15) is 5.82 Å². The Balaban J connectivity index is 1.46. The third-order valence-corrected chi connectivity index (χ3v) is 4.97. The average Bonchev–Trinajstić information content (AvgIpc) is 3.06. The number of aryl methyl sites for hydroxylation is 1. The van der Waals surface area contributed by atoms with Gasteiger partial charge in [-0.3, -0.25) is 0 Å². The van der Waals surface area contributed by atoms with Gasteiger partial charge in [-0.25, -0.2) is 4.98 Å². The lowest BCUT2D eigenvalue weighted by Gasteiger charge is -2.38. The normalized spacial score (nSPS) is 19.4. The molecule has 1 aromatic carbocycles. The average molecular weight is 361 g/mol. The molecule has 4 rings (SSSR count). The molecule has 25 heavy (non-hydrogen) atoms. The van der Waals surface area contributed by atoms with E-state index in [4.69, 9.17) is 21.1 Å². The second kappa shape index (κ2) is 6.78. The molecule has 1 aromatic heterocycles. The summed E-state index contributed by atoms with van der Waals surface area (Å²) in [6, 6.07) is 7.65. The predicted octanol–water partition coefficient (Wildman–Crippen LogP) is 3.53. The summed E-state index contributed by atoms with van der Waals surface area (Å²) >= 11 is 6.01. The zero-order valence-electron chi connectivity index (χ0n) is 14.2. The monoisotopic (exact) mass is 360 g/mol. The molecule has 2 saturated heterocycles. The molecular weight excluding hydrogens is 340 g/mol. The van der Waals surface area contributed by atoms with Gasteiger partial charge in [-0.1, -0.05) is 11.6 Å². The number of piperidine rings is 1. The highest BCUT2D eigenvalue weighted by molar-refractivity contribution is 6.30. The highest BCUT2D eigenvalue weighted by Gasteiger charge is 2.40. The van der Waals surface area contributed by atoms with Gasteiger partial charge in [-0.2, -0.15) is 4.98 Å². The molecule has 0 unspecified atom stereocenters. The highest BCUT2D eigenvalue weighted by atomic mass is 35.5. The van der Waals surface area contributed by atoms with E-state index in [1.165, 1.54) is 0 Å². The van der Waals surface area contributed by atoms with E-state index < -0.39 is 0 Å². The Morgan fingerprint density at radius 2 is 1.92 bits per heavy atom. The van der Waals surface area contributed by atoms with Gasteiger partial charge in [0.25, 0.3) is 0 Å². The molecule has 2 aliphatic heterocycles. The largest absolute Gasteiger partial charge is 0.356 e. The number of aromatic nitrogens is 2. The van der Waals surface area contributed by atoms with Crippen molar-refractivity contribution in [1.29, 1.82) is 0 Å². The van der Waals surface area contributed by atoms with Crippen LogP contribution in [0.25, 0.3) is 0 Å². The second-order valence-electron chi connectivity index (χ2n) is 6.42. The molecule has 2 aromatic rings. The van der Waals surface area contributed by atoms with Crippen molar-refractivity contribution >= 4 is 29.1 Å². The maximum atomic E-state index is 6.01. The maximum absolute atomic E-state index is 6.01. The number of ether oxygens (including phenoxy) is 2. The van der Waals surface area contributed by atoms with E-state index in [0.29, 0.717) is 19.2 Å². The van der Waals surface area contributed by atoms with Crippen LogP contribution in [0.2, 0.25) is 5.02 Å². The first-order valence-electron chi connectivity index (χ1n) is 8.53. The van der Waals surface area contributed by atoms with Crippen LogP contribution < -0.4 is 10.2 Å². The SMILES string of the molecule is Cc1cc(Cl)ccc1Nc1nccc(N2CCC3(CC2)OCCO3)n1. The minimum atomic E-state index is -0.370. The molecule has 0 radical (unpaired) electrons. The van der Waals surface area contributed by atoms with Gasteiger partial charge >= 0.3 is 0 Å². The van der Waals surface area contributed by atoms with Crippen molar-refractivity contribution in [3.05, 3.63) is 41.0 Å². The van der Waals surface area contributed by atoms with Gasteiger partial charge in [0.2, 0.25) is 5.95 Å². The molecule has 1 spiro atoms. The number of hydrogen-bond donors (Lipinski definition) is 1. The summed E-state index contributed by atoms with van der Waals surface area (Å²) in [5.41, 5.74) is 2.00. The van der Waals surface area contributed by atoms with Gasteiger partial charge in [0, 0.05) is 42.8 Å². The van der Waals surface area contributed by atoms with Crippen molar-refractivity contribution in [2.75, 3.05) is 36.5 Å². The second-order valence-corrected chi connectivity index (χ2v) is 6.85. The summed E-state index contributed by atoms with van der Waals surface area (Å²) in [6.07, 6.45) is 3.50. The molecule has 2 fully saturated rings. The van der Waals surface area contributed by atoms with Gasteiger partial charge < -0.3 is 19.7 Å². The molecule has 0 aliphatic carbocycles. The van der Waals surface area contributed by atoms with E-state index in [1.54, 1.807) is 6.20 Å². The van der Waals surface area contributed by atoms with E-state index in [-0.39, 0.29) is 5.79 Å². The molecule has 0 bridgehead atoms. The first-order valence-corrected chi connectivity index (χ1v) is 8.90. The number of anilines is 3. The lowest BCUT2D eigenvalue weighted by atomic mass is 10.0. The third kappa shape index (κ3) is 3.56. The summed E-state index contributed by atoms with van der Waals surface area (Å²) in [5, 5.41) is 3.99. The van der Waals surface area contributed by atoms with E-state index >= 15 is 0 Å². The zero-order chi connectivity index (χ0) is 17.3. The molecule has 132 valence electrons. The number of nitrogens with zero attached hydrogens (tertiary/aromatic N) is 3. The van der Waals surface area contributed by atoms with Crippen LogP contribution >= 0.6 is 11.6 Å². The Morgan fingerprint density at radius 3 is 2.64 bits per heavy atom. The van der Waals surface area contributed by atoms with Crippen molar-refractivity contribution in [2.45, 2.75) is 25.6 Å². The Hall–Kier alpha value is -1.89. The van der Waals surface area contributed by atoms with Crippen molar-refractivity contribution in [1.82, 2.24) is 9.97 Å². The quantitative estimate of drug-likeness (QED) is 0.903. The lowest BCUT2D eigenvalue weighted by molar-refractivity contribution is -0.169. The molecule has 7 heteroatoms. The number of halogens is 1. The third-order valence-electron chi connectivity index (χ3n) is 4.74. The minimum absolute atomic E-state index is 0.370. The molecule has 3 heterocycles. The Morgan fingerprint density at radius 1 is 1.16 bits per heavy atom. The number of rotatable bonds is 3. The first-order chi connectivity index (χ1) is 12.1. The summed E-state index contributed by atoms with van der Waals surface area (Å²) in [7, 11) is 0. The summed E-state index contributed by atoms with van der Waals surface area (Å²) < 4.78 is 11.6. The Kier molecular flexibility index (Phi) is 4.50. The van der Waals surface area contributed by atoms with Crippen LogP contribution in [0, 0.1) is 6.92 Å². The number of benzene rings is 1. The first kappa shape index (κ1) is 16.6. The van der Waals surface area contributed by atoms with Crippen molar-refractivity contribution < 1.29 is 9.47 Å². The maximum Gasteiger partial charge on any atom is 0.229 e. The minimum Gasteiger partial charge on any atom is -0.356 e. The molecular formula is C18H21ClN4O2. The Bertz CT molecular complexity index is 754. The Labute approximate surface area is 152 Å². The number of nitrogens with one attached hydrogen (secondary N) is 1. The fourth-order valence-electron chi connectivity index (χ4n) is 3.34. The lowest BCUT2D eigenvalue weighted by Crippen LogP contribution is -2.45. The van der Waals surface area contributed by atoms with E-state index in [0.717, 1.165) is 48.0 Å². The molecule has 0 saturated carbocycles. The van der Waals surface area contributed by atoms with Gasteiger partial charge in [-0.15, -0.1) is 0 Å². The standard InChI is InChI=1S/C18H21ClN4O2/c1-13-12-14(19)2-3-15(13)21-17-20-7-4-16(22-17)23-8-5-18(6-9-23)24-10-11-25-18/h2-4,7,12H,5-6,8-11H2,1H3,(H,20,21,22). The molecule has 1 N–H and O–H groups in total. The molecule has 2 aliphatic rings. The van der Waals surface area contributed by atoms with Crippen molar-refractivity contribution in [3.63, 3.8) is 0 Å².